The lowest BCUT2D eigenvalue weighted by Crippen LogP contribution is -2.03. The topological polar surface area (TPSA) is 69.6 Å². The highest BCUT2D eigenvalue weighted by molar-refractivity contribution is 5.75. The zero-order valence-corrected chi connectivity index (χ0v) is 9.11. The molecule has 3 aromatic rings. The Labute approximate surface area is 97.9 Å². The highest BCUT2D eigenvalue weighted by Gasteiger charge is 2.06. The highest BCUT2D eigenvalue weighted by atomic mass is 15.4. The van der Waals surface area contributed by atoms with Gasteiger partial charge in [-0.15, -0.1) is 5.10 Å². The summed E-state index contributed by atoms with van der Waals surface area (Å²) in [5.41, 5.74) is 8.43. The standard InChI is InChI=1S/C12H11N5/c13-8-9-5-6-14-12(7-9)17-11-4-2-1-3-10(11)15-16-17/h1-7H,8,13H2. The summed E-state index contributed by atoms with van der Waals surface area (Å²) in [6, 6.07) is 11.6. The van der Waals surface area contributed by atoms with Gasteiger partial charge >= 0.3 is 0 Å². The number of benzene rings is 1. The van der Waals surface area contributed by atoms with E-state index in [4.69, 9.17) is 5.73 Å². The maximum absolute atomic E-state index is 5.61. The van der Waals surface area contributed by atoms with Crippen molar-refractivity contribution < 1.29 is 0 Å². The van der Waals surface area contributed by atoms with Gasteiger partial charge in [0, 0.05) is 12.7 Å². The lowest BCUT2D eigenvalue weighted by molar-refractivity contribution is 0.798. The number of rotatable bonds is 2. The predicted molar refractivity (Wildman–Crippen MR) is 64.6 cm³/mol. The Kier molecular flexibility index (Phi) is 2.31. The van der Waals surface area contributed by atoms with Crippen LogP contribution < -0.4 is 5.73 Å². The predicted octanol–water partition coefficient (Wildman–Crippen LogP) is 1.27. The minimum absolute atomic E-state index is 0.488. The second-order valence-electron chi connectivity index (χ2n) is 3.72. The van der Waals surface area contributed by atoms with Crippen molar-refractivity contribution in [3.05, 3.63) is 48.2 Å². The van der Waals surface area contributed by atoms with Crippen molar-refractivity contribution in [3.63, 3.8) is 0 Å². The molecule has 0 bridgehead atoms. The molecule has 2 N–H and O–H groups in total. The Hall–Kier alpha value is -2.27. The van der Waals surface area contributed by atoms with Crippen LogP contribution in [0.1, 0.15) is 5.56 Å². The van der Waals surface area contributed by atoms with E-state index < -0.39 is 0 Å². The number of hydrogen-bond acceptors (Lipinski definition) is 4. The van der Waals surface area contributed by atoms with Crippen LogP contribution in [0.5, 0.6) is 0 Å². The van der Waals surface area contributed by atoms with Gasteiger partial charge in [-0.2, -0.15) is 4.68 Å². The number of pyridine rings is 1. The van der Waals surface area contributed by atoms with Crippen LogP contribution in [0.15, 0.2) is 42.6 Å². The molecule has 84 valence electrons. The lowest BCUT2D eigenvalue weighted by Gasteiger charge is -2.02. The molecule has 0 saturated heterocycles. The van der Waals surface area contributed by atoms with Gasteiger partial charge in [0.15, 0.2) is 5.82 Å². The molecule has 0 radical (unpaired) electrons. The van der Waals surface area contributed by atoms with Crippen molar-refractivity contribution in [2.75, 3.05) is 0 Å². The number of para-hydroxylation sites is 1. The smallest absolute Gasteiger partial charge is 0.156 e. The maximum Gasteiger partial charge on any atom is 0.156 e. The van der Waals surface area contributed by atoms with Crippen LogP contribution in [0.4, 0.5) is 0 Å². The summed E-state index contributed by atoms with van der Waals surface area (Å²) in [6.45, 7) is 0.488. The van der Waals surface area contributed by atoms with Gasteiger partial charge in [0.1, 0.15) is 5.52 Å². The molecular weight excluding hydrogens is 214 g/mol. The summed E-state index contributed by atoms with van der Waals surface area (Å²) in [5.74, 6) is 0.738. The summed E-state index contributed by atoms with van der Waals surface area (Å²) in [5, 5.41) is 8.20. The molecule has 3 rings (SSSR count). The molecule has 2 heterocycles. The van der Waals surface area contributed by atoms with Crippen molar-refractivity contribution >= 4 is 11.0 Å². The van der Waals surface area contributed by atoms with Gasteiger partial charge in [0.2, 0.25) is 0 Å². The summed E-state index contributed by atoms with van der Waals surface area (Å²) in [4.78, 5) is 4.28. The Morgan fingerprint density at radius 3 is 2.94 bits per heavy atom. The van der Waals surface area contributed by atoms with E-state index in [1.165, 1.54) is 0 Å². The number of hydrogen-bond donors (Lipinski definition) is 1. The van der Waals surface area contributed by atoms with Gasteiger partial charge in [-0.25, -0.2) is 4.98 Å². The SMILES string of the molecule is NCc1ccnc(-n2nnc3ccccc32)c1. The monoisotopic (exact) mass is 225 g/mol. The third kappa shape index (κ3) is 1.66. The number of aromatic nitrogens is 4. The average molecular weight is 225 g/mol. The van der Waals surface area contributed by atoms with Crippen LogP contribution >= 0.6 is 0 Å². The molecule has 0 unspecified atom stereocenters. The average Bonchev–Trinajstić information content (AvgIpc) is 2.82. The molecule has 0 fully saturated rings. The molecular formula is C12H11N5. The third-order valence-corrected chi connectivity index (χ3v) is 2.61. The first-order valence-electron chi connectivity index (χ1n) is 5.34. The third-order valence-electron chi connectivity index (χ3n) is 2.61. The largest absolute Gasteiger partial charge is 0.326 e. The molecule has 0 spiro atoms. The van der Waals surface area contributed by atoms with E-state index in [1.54, 1.807) is 10.9 Å². The van der Waals surface area contributed by atoms with E-state index in [1.807, 2.05) is 36.4 Å². The molecule has 0 aliphatic heterocycles. The first kappa shape index (κ1) is 9.92. The zero-order valence-electron chi connectivity index (χ0n) is 9.11. The minimum Gasteiger partial charge on any atom is -0.326 e. The van der Waals surface area contributed by atoms with E-state index in [9.17, 15) is 0 Å². The maximum atomic E-state index is 5.61. The zero-order chi connectivity index (χ0) is 11.7. The van der Waals surface area contributed by atoms with Gasteiger partial charge < -0.3 is 5.73 Å². The van der Waals surface area contributed by atoms with Crippen LogP contribution in [0.2, 0.25) is 0 Å². The normalized spacial score (nSPS) is 10.9. The quantitative estimate of drug-likeness (QED) is 0.713. The number of fused-ring (bicyclic) bond motifs is 1. The molecule has 0 atom stereocenters. The van der Waals surface area contributed by atoms with Crippen LogP contribution in [0.25, 0.3) is 16.9 Å². The summed E-state index contributed by atoms with van der Waals surface area (Å²) in [6.07, 6.45) is 1.73. The number of nitrogens with two attached hydrogens (primary N) is 1. The molecule has 1 aromatic carbocycles. The summed E-state index contributed by atoms with van der Waals surface area (Å²) in [7, 11) is 0. The van der Waals surface area contributed by atoms with Crippen molar-refractivity contribution in [1.29, 1.82) is 0 Å². The molecule has 0 saturated carbocycles. The Morgan fingerprint density at radius 2 is 2.06 bits per heavy atom. The molecule has 0 amide bonds. The Balaban J connectivity index is 2.20. The lowest BCUT2D eigenvalue weighted by atomic mass is 10.2. The number of nitrogens with zero attached hydrogens (tertiary/aromatic N) is 4. The van der Waals surface area contributed by atoms with Crippen molar-refractivity contribution in [2.45, 2.75) is 6.54 Å². The van der Waals surface area contributed by atoms with Crippen LogP contribution in [0.3, 0.4) is 0 Å². The Bertz CT molecular complexity index is 659. The van der Waals surface area contributed by atoms with E-state index in [-0.39, 0.29) is 0 Å². The molecule has 0 aliphatic carbocycles. The Morgan fingerprint density at radius 1 is 1.18 bits per heavy atom. The van der Waals surface area contributed by atoms with Crippen molar-refractivity contribution in [3.8, 4) is 5.82 Å². The fourth-order valence-corrected chi connectivity index (χ4v) is 1.74. The second-order valence-corrected chi connectivity index (χ2v) is 3.72. The first-order chi connectivity index (χ1) is 8.38. The minimum atomic E-state index is 0.488. The highest BCUT2D eigenvalue weighted by Crippen LogP contribution is 2.14. The molecule has 5 nitrogen and oxygen atoms in total. The van der Waals surface area contributed by atoms with E-state index >= 15 is 0 Å². The fourth-order valence-electron chi connectivity index (χ4n) is 1.74. The van der Waals surface area contributed by atoms with Crippen LogP contribution in [-0.2, 0) is 6.54 Å². The van der Waals surface area contributed by atoms with E-state index in [0.717, 1.165) is 22.4 Å². The van der Waals surface area contributed by atoms with Gasteiger partial charge in [0.25, 0.3) is 0 Å². The van der Waals surface area contributed by atoms with Gasteiger partial charge in [-0.1, -0.05) is 17.3 Å². The second kappa shape index (κ2) is 3.95. The molecule has 2 aromatic heterocycles. The van der Waals surface area contributed by atoms with Crippen LogP contribution in [-0.4, -0.2) is 20.0 Å². The van der Waals surface area contributed by atoms with Crippen molar-refractivity contribution in [1.82, 2.24) is 20.0 Å². The fraction of sp³-hybridized carbons (Fsp3) is 0.0833. The van der Waals surface area contributed by atoms with Gasteiger partial charge in [-0.05, 0) is 29.8 Å². The summed E-state index contributed by atoms with van der Waals surface area (Å²) < 4.78 is 1.72. The van der Waals surface area contributed by atoms with E-state index in [0.29, 0.717) is 6.54 Å². The van der Waals surface area contributed by atoms with Crippen molar-refractivity contribution in [2.24, 2.45) is 5.73 Å². The molecule has 0 aliphatic rings. The van der Waals surface area contributed by atoms with Gasteiger partial charge in [-0.3, -0.25) is 0 Å². The molecule has 17 heavy (non-hydrogen) atoms. The van der Waals surface area contributed by atoms with Gasteiger partial charge in [0.05, 0.1) is 5.52 Å². The first-order valence-corrected chi connectivity index (χ1v) is 5.34. The van der Waals surface area contributed by atoms with E-state index in [2.05, 4.69) is 15.3 Å². The van der Waals surface area contributed by atoms with Crippen LogP contribution in [0, 0.1) is 0 Å². The summed E-state index contributed by atoms with van der Waals surface area (Å²) >= 11 is 0. The molecule has 5 heteroatoms.